The topological polar surface area (TPSA) is 41.9 Å². The summed E-state index contributed by atoms with van der Waals surface area (Å²) in [5.74, 6) is 2.61. The molecule has 2 saturated carbocycles. The molecule has 29 heavy (non-hydrogen) atoms. The fourth-order valence-electron chi connectivity index (χ4n) is 6.76. The van der Waals surface area contributed by atoms with Crippen molar-refractivity contribution >= 4 is 0 Å². The summed E-state index contributed by atoms with van der Waals surface area (Å²) in [6, 6.07) is 6.08. The monoisotopic (exact) mass is 397 g/mol. The number of phenols is 1. The predicted molar refractivity (Wildman–Crippen MR) is 114 cm³/mol. The zero-order chi connectivity index (χ0) is 20.0. The molecule has 3 aliphatic carbocycles. The summed E-state index contributed by atoms with van der Waals surface area (Å²) in [5, 5.41) is 9.88. The molecule has 3 fully saturated rings. The molecule has 4 aliphatic rings. The minimum atomic E-state index is -0.179. The molecule has 4 nitrogen and oxygen atoms in total. The van der Waals surface area contributed by atoms with Crippen molar-refractivity contribution in [1.82, 2.24) is 4.90 Å². The summed E-state index contributed by atoms with van der Waals surface area (Å²) >= 11 is 0. The number of allylic oxidation sites excluding steroid dienone is 1. The van der Waals surface area contributed by atoms with E-state index in [2.05, 4.69) is 31.0 Å². The number of rotatable bonds is 1. The minimum Gasteiger partial charge on any atom is -0.508 e. The third-order valence-corrected chi connectivity index (χ3v) is 8.41. The van der Waals surface area contributed by atoms with Gasteiger partial charge in [0, 0.05) is 13.1 Å². The highest BCUT2D eigenvalue weighted by Crippen LogP contribution is 2.62. The Labute approximate surface area is 174 Å². The Balaban J connectivity index is 1.36. The number of phenolic OH excluding ortho intramolecular Hbond substituents is 1. The third kappa shape index (κ3) is 3.54. The van der Waals surface area contributed by atoms with E-state index in [1.807, 2.05) is 12.1 Å². The second-order valence-electron chi connectivity index (χ2n) is 9.90. The van der Waals surface area contributed by atoms with E-state index in [0.717, 1.165) is 44.6 Å². The van der Waals surface area contributed by atoms with Crippen LogP contribution >= 0.6 is 0 Å². The summed E-state index contributed by atoms with van der Waals surface area (Å²) in [4.78, 5) is 2.26. The van der Waals surface area contributed by atoms with Gasteiger partial charge in [0.05, 0.1) is 13.2 Å². The fraction of sp³-hybridized carbons (Fsp3) is 0.680. The molecule has 158 valence electrons. The number of ether oxygens (including phenoxy) is 2. The van der Waals surface area contributed by atoms with E-state index < -0.39 is 0 Å². The minimum absolute atomic E-state index is 0.179. The van der Waals surface area contributed by atoms with Crippen LogP contribution in [0.1, 0.15) is 56.1 Å². The number of nitrogens with zero attached hydrogens (tertiary/aromatic N) is 1. The van der Waals surface area contributed by atoms with Crippen molar-refractivity contribution in [2.75, 3.05) is 33.4 Å². The maximum Gasteiger partial charge on any atom is 0.177 e. The van der Waals surface area contributed by atoms with Gasteiger partial charge in [0.1, 0.15) is 5.75 Å². The second kappa shape index (κ2) is 7.72. The Morgan fingerprint density at radius 3 is 2.69 bits per heavy atom. The molecule has 5 rings (SSSR count). The van der Waals surface area contributed by atoms with Gasteiger partial charge in [-0.2, -0.15) is 0 Å². The average Bonchev–Trinajstić information content (AvgIpc) is 3.02. The number of aromatic hydroxyl groups is 1. The lowest BCUT2D eigenvalue weighted by molar-refractivity contribution is -0.130. The molecule has 0 spiro atoms. The molecule has 1 aliphatic heterocycles. The number of hydrogen-bond acceptors (Lipinski definition) is 4. The van der Waals surface area contributed by atoms with Gasteiger partial charge in [-0.05, 0) is 98.1 Å². The lowest BCUT2D eigenvalue weighted by Crippen LogP contribution is -2.40. The lowest BCUT2D eigenvalue weighted by atomic mass is 9.55. The van der Waals surface area contributed by atoms with E-state index >= 15 is 0 Å². The van der Waals surface area contributed by atoms with Crippen molar-refractivity contribution in [2.45, 2.75) is 57.7 Å². The van der Waals surface area contributed by atoms with Crippen molar-refractivity contribution in [1.29, 1.82) is 0 Å². The van der Waals surface area contributed by atoms with Gasteiger partial charge in [0.15, 0.2) is 6.29 Å². The Bertz CT molecular complexity index is 780. The Morgan fingerprint density at radius 1 is 1.10 bits per heavy atom. The molecule has 0 amide bonds. The van der Waals surface area contributed by atoms with Gasteiger partial charge in [-0.3, -0.25) is 0 Å². The highest BCUT2D eigenvalue weighted by Gasteiger charge is 2.52. The normalized spacial score (nSPS) is 37.4. The van der Waals surface area contributed by atoms with Crippen LogP contribution in [-0.4, -0.2) is 49.6 Å². The van der Waals surface area contributed by atoms with Crippen LogP contribution in [0, 0.1) is 17.3 Å². The smallest absolute Gasteiger partial charge is 0.177 e. The number of likely N-dealkylation sites (N-methyl/N-ethyl adjacent to an activating group) is 1. The largest absolute Gasteiger partial charge is 0.508 e. The third-order valence-electron chi connectivity index (χ3n) is 8.41. The van der Waals surface area contributed by atoms with Gasteiger partial charge in [-0.1, -0.05) is 18.6 Å². The molecular formula is C25H35NO3. The SMILES string of the molecule is CN1CCOC(/C=C2\CCC3C4CCc5cc(O)ccc5C4CCC23C)OCC1. The van der Waals surface area contributed by atoms with Crippen LogP contribution in [0.25, 0.3) is 0 Å². The van der Waals surface area contributed by atoms with Gasteiger partial charge in [-0.25, -0.2) is 0 Å². The summed E-state index contributed by atoms with van der Waals surface area (Å²) in [7, 11) is 2.12. The molecule has 1 aromatic carbocycles. The molecule has 4 atom stereocenters. The molecule has 4 unspecified atom stereocenters. The van der Waals surface area contributed by atoms with Gasteiger partial charge >= 0.3 is 0 Å². The Morgan fingerprint density at radius 2 is 1.90 bits per heavy atom. The molecule has 4 heteroatoms. The van der Waals surface area contributed by atoms with Crippen LogP contribution in [0.15, 0.2) is 29.8 Å². The van der Waals surface area contributed by atoms with E-state index in [1.165, 1.54) is 43.2 Å². The fourth-order valence-corrected chi connectivity index (χ4v) is 6.76. The molecule has 1 heterocycles. The summed E-state index contributed by atoms with van der Waals surface area (Å²) in [6.45, 7) is 5.93. The van der Waals surface area contributed by atoms with E-state index in [1.54, 1.807) is 5.57 Å². The Kier molecular flexibility index (Phi) is 5.21. The number of benzene rings is 1. The van der Waals surface area contributed by atoms with Crippen molar-refractivity contribution in [3.05, 3.63) is 41.0 Å². The summed E-state index contributed by atoms with van der Waals surface area (Å²) in [5.41, 5.74) is 4.76. The average molecular weight is 398 g/mol. The quantitative estimate of drug-likeness (QED) is 0.710. The van der Waals surface area contributed by atoms with Gasteiger partial charge in [0.2, 0.25) is 0 Å². The van der Waals surface area contributed by atoms with Crippen LogP contribution in [0.5, 0.6) is 5.75 Å². The van der Waals surface area contributed by atoms with E-state index in [0.29, 0.717) is 17.1 Å². The Hall–Kier alpha value is -1.36. The van der Waals surface area contributed by atoms with Crippen molar-refractivity contribution in [3.8, 4) is 5.75 Å². The summed E-state index contributed by atoms with van der Waals surface area (Å²) < 4.78 is 12.1. The molecular weight excluding hydrogens is 362 g/mol. The first-order chi connectivity index (χ1) is 14.0. The van der Waals surface area contributed by atoms with Crippen LogP contribution < -0.4 is 0 Å². The lowest BCUT2D eigenvalue weighted by Gasteiger charge is -2.49. The van der Waals surface area contributed by atoms with Crippen molar-refractivity contribution in [2.24, 2.45) is 17.3 Å². The highest BCUT2D eigenvalue weighted by atomic mass is 16.7. The standard InChI is InChI=1S/C25H35NO3/c1-25-10-9-21-20-7-5-19(27)15-17(20)3-6-22(21)23(25)8-4-18(25)16-24-28-13-11-26(2)12-14-29-24/h5,7,15-16,21-24,27H,3-4,6,8-14H2,1-2H3/b18-16+. The van der Waals surface area contributed by atoms with Crippen LogP contribution in [-0.2, 0) is 15.9 Å². The van der Waals surface area contributed by atoms with E-state index in [-0.39, 0.29) is 6.29 Å². The first-order valence-electron chi connectivity index (χ1n) is 11.5. The molecule has 1 aromatic rings. The highest BCUT2D eigenvalue weighted by molar-refractivity contribution is 5.41. The maximum absolute atomic E-state index is 9.88. The first kappa shape index (κ1) is 19.6. The van der Waals surface area contributed by atoms with Gasteiger partial charge < -0.3 is 19.5 Å². The second-order valence-corrected chi connectivity index (χ2v) is 9.90. The maximum atomic E-state index is 9.88. The van der Waals surface area contributed by atoms with Gasteiger partial charge in [-0.15, -0.1) is 0 Å². The molecule has 1 N–H and O–H groups in total. The van der Waals surface area contributed by atoms with Gasteiger partial charge in [0.25, 0.3) is 0 Å². The van der Waals surface area contributed by atoms with E-state index in [9.17, 15) is 5.11 Å². The predicted octanol–water partition coefficient (Wildman–Crippen LogP) is 4.48. The zero-order valence-corrected chi connectivity index (χ0v) is 17.9. The van der Waals surface area contributed by atoms with Crippen molar-refractivity contribution in [3.63, 3.8) is 0 Å². The molecule has 1 saturated heterocycles. The van der Waals surface area contributed by atoms with Crippen LogP contribution in [0.3, 0.4) is 0 Å². The number of hydrogen-bond donors (Lipinski definition) is 1. The first-order valence-corrected chi connectivity index (χ1v) is 11.5. The molecule has 0 bridgehead atoms. The molecule has 0 aromatic heterocycles. The van der Waals surface area contributed by atoms with Crippen LogP contribution in [0.2, 0.25) is 0 Å². The van der Waals surface area contributed by atoms with E-state index in [4.69, 9.17) is 9.47 Å². The number of aryl methyl sites for hydroxylation is 1. The number of fused-ring (bicyclic) bond motifs is 5. The zero-order valence-electron chi connectivity index (χ0n) is 17.9. The summed E-state index contributed by atoms with van der Waals surface area (Å²) in [6.07, 6.45) is 9.52. The van der Waals surface area contributed by atoms with Crippen LogP contribution in [0.4, 0.5) is 0 Å². The van der Waals surface area contributed by atoms with Crippen molar-refractivity contribution < 1.29 is 14.6 Å². The molecule has 0 radical (unpaired) electrons.